The van der Waals surface area contributed by atoms with Crippen molar-refractivity contribution in [3.63, 3.8) is 0 Å². The topological polar surface area (TPSA) is 24.9 Å². The molecule has 0 saturated heterocycles. The molecule has 0 saturated carbocycles. The van der Waals surface area contributed by atoms with Crippen LogP contribution in [0.2, 0.25) is 0 Å². The van der Waals surface area contributed by atoms with Crippen molar-refractivity contribution in [3.05, 3.63) is 29.6 Å². The van der Waals surface area contributed by atoms with E-state index in [9.17, 15) is 0 Å². The van der Waals surface area contributed by atoms with Gasteiger partial charge in [0.05, 0.1) is 5.69 Å². The van der Waals surface area contributed by atoms with E-state index in [0.717, 1.165) is 12.2 Å². The monoisotopic (exact) mass is 206 g/mol. The lowest BCUT2D eigenvalue weighted by atomic mass is 9.99. The summed E-state index contributed by atoms with van der Waals surface area (Å²) in [5.74, 6) is 0. The van der Waals surface area contributed by atoms with Gasteiger partial charge in [-0.15, -0.1) is 0 Å². The number of hydrogen-bond acceptors (Lipinski definition) is 2. The van der Waals surface area contributed by atoms with Crippen LogP contribution in [0, 0.1) is 6.92 Å². The smallest absolute Gasteiger partial charge is 0.0570 e. The van der Waals surface area contributed by atoms with Crippen LogP contribution in [0.3, 0.4) is 0 Å². The molecule has 1 aromatic rings. The van der Waals surface area contributed by atoms with Crippen LogP contribution in [0.4, 0.5) is 0 Å². The van der Waals surface area contributed by atoms with Crippen LogP contribution in [-0.4, -0.2) is 10.5 Å². The van der Waals surface area contributed by atoms with Crippen molar-refractivity contribution in [2.24, 2.45) is 0 Å². The van der Waals surface area contributed by atoms with E-state index in [0.29, 0.717) is 0 Å². The number of pyridine rings is 1. The molecule has 15 heavy (non-hydrogen) atoms. The van der Waals surface area contributed by atoms with Crippen molar-refractivity contribution in [1.29, 1.82) is 0 Å². The molecule has 1 aromatic heterocycles. The predicted molar refractivity (Wildman–Crippen MR) is 64.8 cm³/mol. The van der Waals surface area contributed by atoms with Gasteiger partial charge in [-0.2, -0.15) is 0 Å². The molecule has 0 aliphatic carbocycles. The van der Waals surface area contributed by atoms with Crippen LogP contribution < -0.4 is 5.32 Å². The van der Waals surface area contributed by atoms with Crippen LogP contribution in [0.15, 0.2) is 18.3 Å². The molecule has 0 amide bonds. The third-order valence-electron chi connectivity index (χ3n) is 2.73. The molecule has 0 bridgehead atoms. The minimum absolute atomic E-state index is 0.207. The molecule has 0 aliphatic heterocycles. The van der Waals surface area contributed by atoms with E-state index in [4.69, 9.17) is 0 Å². The third kappa shape index (κ3) is 4.00. The van der Waals surface area contributed by atoms with Crippen LogP contribution in [0.25, 0.3) is 0 Å². The zero-order chi connectivity index (χ0) is 11.3. The van der Waals surface area contributed by atoms with Gasteiger partial charge in [0.1, 0.15) is 0 Å². The Morgan fingerprint density at radius 3 is 2.73 bits per heavy atom. The summed E-state index contributed by atoms with van der Waals surface area (Å²) in [6.45, 7) is 9.68. The molecule has 0 aromatic carbocycles. The maximum absolute atomic E-state index is 4.38. The highest BCUT2D eigenvalue weighted by atomic mass is 15.0. The molecule has 1 heterocycles. The highest BCUT2D eigenvalue weighted by molar-refractivity contribution is 5.17. The van der Waals surface area contributed by atoms with Crippen molar-refractivity contribution in [2.45, 2.75) is 52.6 Å². The summed E-state index contributed by atoms with van der Waals surface area (Å²) in [6.07, 6.45) is 4.26. The quantitative estimate of drug-likeness (QED) is 0.801. The molecule has 84 valence electrons. The van der Waals surface area contributed by atoms with Gasteiger partial charge in [-0.25, -0.2) is 0 Å². The zero-order valence-corrected chi connectivity index (χ0v) is 10.3. The molecule has 0 spiro atoms. The standard InChI is InChI=1S/C13H22N2/c1-5-8-13(3,4)15-10-12-11(2)7-6-9-14-12/h6-7,9,15H,5,8,10H2,1-4H3. The second-order valence-electron chi connectivity index (χ2n) is 4.75. The summed E-state index contributed by atoms with van der Waals surface area (Å²) in [5.41, 5.74) is 2.62. The van der Waals surface area contributed by atoms with Crippen LogP contribution in [0.1, 0.15) is 44.9 Å². The van der Waals surface area contributed by atoms with Gasteiger partial charge in [0, 0.05) is 18.3 Å². The number of nitrogens with zero attached hydrogens (tertiary/aromatic N) is 1. The first-order valence-electron chi connectivity index (χ1n) is 5.70. The SMILES string of the molecule is CCCC(C)(C)NCc1ncccc1C. The molecule has 0 fully saturated rings. The lowest BCUT2D eigenvalue weighted by Crippen LogP contribution is -2.38. The molecule has 2 nitrogen and oxygen atoms in total. The highest BCUT2D eigenvalue weighted by Crippen LogP contribution is 2.12. The average molecular weight is 206 g/mol. The minimum atomic E-state index is 0.207. The number of aromatic nitrogens is 1. The first-order chi connectivity index (χ1) is 7.05. The Kier molecular flexibility index (Phi) is 4.28. The summed E-state index contributed by atoms with van der Waals surface area (Å²) in [7, 11) is 0. The van der Waals surface area contributed by atoms with Crippen LogP contribution >= 0.6 is 0 Å². The summed E-state index contributed by atoms with van der Waals surface area (Å²) in [5, 5.41) is 3.55. The molecule has 0 atom stereocenters. The number of nitrogens with one attached hydrogen (secondary N) is 1. The van der Waals surface area contributed by atoms with Gasteiger partial charge < -0.3 is 5.32 Å². The van der Waals surface area contributed by atoms with E-state index < -0.39 is 0 Å². The molecule has 0 aliphatic rings. The number of aryl methyl sites for hydroxylation is 1. The van der Waals surface area contributed by atoms with Gasteiger partial charge in [-0.05, 0) is 38.8 Å². The summed E-state index contributed by atoms with van der Waals surface area (Å²) < 4.78 is 0. The molecule has 0 unspecified atom stereocenters. The lowest BCUT2D eigenvalue weighted by molar-refractivity contribution is 0.354. The second-order valence-corrected chi connectivity index (χ2v) is 4.75. The first-order valence-corrected chi connectivity index (χ1v) is 5.70. The highest BCUT2D eigenvalue weighted by Gasteiger charge is 2.15. The van der Waals surface area contributed by atoms with E-state index in [1.54, 1.807) is 0 Å². The van der Waals surface area contributed by atoms with Crippen molar-refractivity contribution in [2.75, 3.05) is 0 Å². The molecule has 1 N–H and O–H groups in total. The van der Waals surface area contributed by atoms with Gasteiger partial charge in [0.2, 0.25) is 0 Å². The maximum atomic E-state index is 4.38. The van der Waals surface area contributed by atoms with Gasteiger partial charge in [0.25, 0.3) is 0 Å². The van der Waals surface area contributed by atoms with Gasteiger partial charge in [-0.3, -0.25) is 4.98 Å². The predicted octanol–water partition coefficient (Wildman–Crippen LogP) is 3.06. The first kappa shape index (κ1) is 12.2. The Morgan fingerprint density at radius 1 is 1.40 bits per heavy atom. The maximum Gasteiger partial charge on any atom is 0.0570 e. The largest absolute Gasteiger partial charge is 0.306 e. The van der Waals surface area contributed by atoms with E-state index in [1.807, 2.05) is 12.3 Å². The number of hydrogen-bond donors (Lipinski definition) is 1. The van der Waals surface area contributed by atoms with Crippen molar-refractivity contribution < 1.29 is 0 Å². The van der Waals surface area contributed by atoms with E-state index in [2.05, 4.69) is 44.1 Å². The van der Waals surface area contributed by atoms with Crippen LogP contribution in [0.5, 0.6) is 0 Å². The van der Waals surface area contributed by atoms with E-state index in [1.165, 1.54) is 18.4 Å². The molecular weight excluding hydrogens is 184 g/mol. The van der Waals surface area contributed by atoms with E-state index in [-0.39, 0.29) is 5.54 Å². The van der Waals surface area contributed by atoms with Crippen molar-refractivity contribution in [3.8, 4) is 0 Å². The van der Waals surface area contributed by atoms with Gasteiger partial charge in [0.15, 0.2) is 0 Å². The zero-order valence-electron chi connectivity index (χ0n) is 10.3. The molecule has 1 rings (SSSR count). The second kappa shape index (κ2) is 5.26. The minimum Gasteiger partial charge on any atom is -0.306 e. The summed E-state index contributed by atoms with van der Waals surface area (Å²) in [6, 6.07) is 4.09. The fourth-order valence-electron chi connectivity index (χ4n) is 1.74. The Hall–Kier alpha value is -0.890. The average Bonchev–Trinajstić information content (AvgIpc) is 2.16. The van der Waals surface area contributed by atoms with Gasteiger partial charge in [-0.1, -0.05) is 19.4 Å². The molecule has 0 radical (unpaired) electrons. The Bertz CT molecular complexity index is 305. The molecular formula is C13H22N2. The van der Waals surface area contributed by atoms with Gasteiger partial charge >= 0.3 is 0 Å². The fraction of sp³-hybridized carbons (Fsp3) is 0.615. The number of rotatable bonds is 5. The Labute approximate surface area is 93.1 Å². The van der Waals surface area contributed by atoms with Crippen molar-refractivity contribution in [1.82, 2.24) is 10.3 Å². The fourth-order valence-corrected chi connectivity index (χ4v) is 1.74. The van der Waals surface area contributed by atoms with E-state index >= 15 is 0 Å². The third-order valence-corrected chi connectivity index (χ3v) is 2.73. The van der Waals surface area contributed by atoms with Crippen molar-refractivity contribution >= 4 is 0 Å². The summed E-state index contributed by atoms with van der Waals surface area (Å²) in [4.78, 5) is 4.38. The lowest BCUT2D eigenvalue weighted by Gasteiger charge is -2.26. The Morgan fingerprint density at radius 2 is 2.13 bits per heavy atom. The normalized spacial score (nSPS) is 11.7. The summed E-state index contributed by atoms with van der Waals surface area (Å²) >= 11 is 0. The Balaban J connectivity index is 2.53. The van der Waals surface area contributed by atoms with Crippen LogP contribution in [-0.2, 0) is 6.54 Å². The molecule has 2 heteroatoms.